The lowest BCUT2D eigenvalue weighted by molar-refractivity contribution is -0.127. The first-order chi connectivity index (χ1) is 14.5. The van der Waals surface area contributed by atoms with E-state index in [0.717, 1.165) is 5.56 Å². The molecule has 0 radical (unpaired) electrons. The van der Waals surface area contributed by atoms with Crippen molar-refractivity contribution in [1.29, 1.82) is 0 Å². The van der Waals surface area contributed by atoms with E-state index in [1.165, 1.54) is 10.4 Å². The summed E-state index contributed by atoms with van der Waals surface area (Å²) in [6.45, 7) is 7.10. The molecule has 0 spiro atoms. The molecule has 3 rings (SSSR count). The first-order valence-electron chi connectivity index (χ1n) is 10.6. The molecule has 2 heterocycles. The third-order valence-electron chi connectivity index (χ3n) is 5.23. The Hall–Kier alpha value is -2.55. The van der Waals surface area contributed by atoms with Gasteiger partial charge in [-0.15, -0.1) is 0 Å². The maximum atomic E-state index is 12.5. The molecule has 0 atom stereocenters. The number of amides is 2. The number of hydrogen-bond donors (Lipinski definition) is 1. The number of nitrogens with one attached hydrogen (secondary N) is 1. The van der Waals surface area contributed by atoms with Crippen LogP contribution < -0.4 is 9.62 Å². The Morgan fingerprint density at radius 2 is 1.74 bits per heavy atom. The second kappa shape index (κ2) is 9.30. The normalized spacial score (nSPS) is 19.6. The summed E-state index contributed by atoms with van der Waals surface area (Å²) in [6, 6.07) is 7.15. The topological polar surface area (TPSA) is 96.0 Å². The van der Waals surface area contributed by atoms with Gasteiger partial charge in [-0.3, -0.25) is 9.10 Å². The van der Waals surface area contributed by atoms with Crippen LogP contribution in [0.4, 0.5) is 10.5 Å². The van der Waals surface area contributed by atoms with Crippen molar-refractivity contribution in [3.63, 3.8) is 0 Å². The van der Waals surface area contributed by atoms with Crippen LogP contribution in [-0.2, 0) is 19.6 Å². The average Bonchev–Trinajstić information content (AvgIpc) is 3.04. The molecule has 0 unspecified atom stereocenters. The standard InChI is InChI=1S/C22H31N3O5S/c1-22(2,3)30-21(27)23-18-11-14-24(15-12-18)20(26)10-7-17-5-8-19(9-6-17)25-13-4-16-31(25,28)29/h5-10,18H,4,11-16H2,1-3H3,(H,23,27)/b10-7+. The Morgan fingerprint density at radius 3 is 2.29 bits per heavy atom. The van der Waals surface area contributed by atoms with Crippen LogP contribution in [0.15, 0.2) is 30.3 Å². The highest BCUT2D eigenvalue weighted by Gasteiger charge is 2.28. The number of benzene rings is 1. The monoisotopic (exact) mass is 449 g/mol. The van der Waals surface area contributed by atoms with Crippen molar-refractivity contribution in [1.82, 2.24) is 10.2 Å². The molecule has 170 valence electrons. The van der Waals surface area contributed by atoms with Gasteiger partial charge in [-0.25, -0.2) is 13.2 Å². The van der Waals surface area contributed by atoms with Crippen molar-refractivity contribution in [2.75, 3.05) is 29.7 Å². The number of carbonyl (C=O) groups is 2. The Labute approximate surface area is 184 Å². The molecular weight excluding hydrogens is 418 g/mol. The number of nitrogens with zero attached hydrogens (tertiary/aromatic N) is 2. The third-order valence-corrected chi connectivity index (χ3v) is 7.10. The van der Waals surface area contributed by atoms with E-state index in [9.17, 15) is 18.0 Å². The fourth-order valence-electron chi connectivity index (χ4n) is 3.67. The fraction of sp³-hybridized carbons (Fsp3) is 0.545. The molecule has 1 aromatic carbocycles. The summed E-state index contributed by atoms with van der Waals surface area (Å²) in [5.74, 6) is 0.106. The predicted molar refractivity (Wildman–Crippen MR) is 120 cm³/mol. The van der Waals surface area contributed by atoms with Gasteiger partial charge >= 0.3 is 6.09 Å². The number of ether oxygens (including phenoxy) is 1. The second-order valence-corrected chi connectivity index (χ2v) is 10.9. The van der Waals surface area contributed by atoms with Crippen molar-refractivity contribution in [3.05, 3.63) is 35.9 Å². The van der Waals surface area contributed by atoms with E-state index in [1.54, 1.807) is 23.1 Å². The van der Waals surface area contributed by atoms with Gasteiger partial charge in [-0.1, -0.05) is 12.1 Å². The van der Waals surface area contributed by atoms with Gasteiger partial charge in [-0.2, -0.15) is 0 Å². The van der Waals surface area contributed by atoms with E-state index >= 15 is 0 Å². The minimum atomic E-state index is -3.19. The van der Waals surface area contributed by atoms with E-state index in [-0.39, 0.29) is 17.7 Å². The minimum Gasteiger partial charge on any atom is -0.444 e. The van der Waals surface area contributed by atoms with Crippen molar-refractivity contribution in [2.45, 2.75) is 51.7 Å². The Kier molecular flexibility index (Phi) is 6.93. The zero-order valence-corrected chi connectivity index (χ0v) is 19.2. The number of anilines is 1. The van der Waals surface area contributed by atoms with Gasteiger partial charge < -0.3 is 15.0 Å². The smallest absolute Gasteiger partial charge is 0.407 e. The highest BCUT2D eigenvalue weighted by molar-refractivity contribution is 7.93. The highest BCUT2D eigenvalue weighted by Crippen LogP contribution is 2.24. The van der Waals surface area contributed by atoms with Gasteiger partial charge in [0, 0.05) is 31.8 Å². The lowest BCUT2D eigenvalue weighted by Gasteiger charge is -2.32. The highest BCUT2D eigenvalue weighted by atomic mass is 32.2. The molecule has 0 bridgehead atoms. The number of sulfonamides is 1. The van der Waals surface area contributed by atoms with Crippen LogP contribution in [0, 0.1) is 0 Å². The number of rotatable bonds is 4. The Bertz CT molecular complexity index is 927. The third kappa shape index (κ3) is 6.46. The van der Waals surface area contributed by atoms with Gasteiger partial charge in [0.25, 0.3) is 0 Å². The maximum Gasteiger partial charge on any atom is 0.407 e. The van der Waals surface area contributed by atoms with E-state index in [0.29, 0.717) is 44.6 Å². The summed E-state index contributed by atoms with van der Waals surface area (Å²) in [5, 5.41) is 2.86. The summed E-state index contributed by atoms with van der Waals surface area (Å²) in [5.41, 5.74) is 0.947. The Morgan fingerprint density at radius 1 is 1.10 bits per heavy atom. The largest absolute Gasteiger partial charge is 0.444 e. The van der Waals surface area contributed by atoms with Crippen LogP contribution in [0.1, 0.15) is 45.6 Å². The predicted octanol–water partition coefficient (Wildman–Crippen LogP) is 2.76. The minimum absolute atomic E-state index is 0.00251. The molecule has 2 saturated heterocycles. The summed E-state index contributed by atoms with van der Waals surface area (Å²) in [6.07, 6.45) is 4.83. The summed E-state index contributed by atoms with van der Waals surface area (Å²) < 4.78 is 30.7. The quantitative estimate of drug-likeness (QED) is 0.713. The van der Waals surface area contributed by atoms with Crippen LogP contribution in [-0.4, -0.2) is 62.3 Å². The molecule has 0 aliphatic carbocycles. The second-order valence-electron chi connectivity index (χ2n) is 8.91. The first-order valence-corrected chi connectivity index (χ1v) is 12.2. The van der Waals surface area contributed by atoms with Gasteiger partial charge in [0.05, 0.1) is 11.4 Å². The van der Waals surface area contributed by atoms with E-state index in [4.69, 9.17) is 4.74 Å². The fourth-order valence-corrected chi connectivity index (χ4v) is 5.24. The molecule has 2 fully saturated rings. The SMILES string of the molecule is CC(C)(C)OC(=O)NC1CCN(C(=O)/C=C/c2ccc(N3CCCS3(=O)=O)cc2)CC1. The molecule has 0 saturated carbocycles. The molecule has 2 aliphatic rings. The Balaban J connectivity index is 1.48. The summed E-state index contributed by atoms with van der Waals surface area (Å²) in [7, 11) is -3.19. The van der Waals surface area contributed by atoms with Crippen LogP contribution >= 0.6 is 0 Å². The molecule has 9 heteroatoms. The number of alkyl carbamates (subject to hydrolysis) is 1. The zero-order valence-electron chi connectivity index (χ0n) is 18.3. The van der Waals surface area contributed by atoms with Crippen LogP contribution in [0.25, 0.3) is 6.08 Å². The summed E-state index contributed by atoms with van der Waals surface area (Å²) in [4.78, 5) is 26.1. The van der Waals surface area contributed by atoms with Crippen molar-refractivity contribution in [3.8, 4) is 0 Å². The zero-order chi connectivity index (χ0) is 22.6. The molecule has 31 heavy (non-hydrogen) atoms. The lowest BCUT2D eigenvalue weighted by Crippen LogP contribution is -2.47. The van der Waals surface area contributed by atoms with E-state index < -0.39 is 21.7 Å². The molecule has 2 aliphatic heterocycles. The van der Waals surface area contributed by atoms with Crippen LogP contribution in [0.2, 0.25) is 0 Å². The average molecular weight is 450 g/mol. The van der Waals surface area contributed by atoms with Gasteiger partial charge in [0.1, 0.15) is 5.60 Å². The van der Waals surface area contributed by atoms with Crippen molar-refractivity contribution < 1.29 is 22.7 Å². The molecule has 0 aromatic heterocycles. The number of hydrogen-bond acceptors (Lipinski definition) is 5. The van der Waals surface area contributed by atoms with Gasteiger partial charge in [0.15, 0.2) is 0 Å². The molecule has 2 amide bonds. The molecular formula is C22H31N3O5S. The molecule has 8 nitrogen and oxygen atoms in total. The molecule has 1 N–H and O–H groups in total. The van der Waals surface area contributed by atoms with Crippen molar-refractivity contribution >= 4 is 33.8 Å². The van der Waals surface area contributed by atoms with Crippen LogP contribution in [0.5, 0.6) is 0 Å². The lowest BCUT2D eigenvalue weighted by atomic mass is 10.1. The number of likely N-dealkylation sites (tertiary alicyclic amines) is 1. The maximum absolute atomic E-state index is 12.5. The van der Waals surface area contributed by atoms with E-state index in [2.05, 4.69) is 5.32 Å². The van der Waals surface area contributed by atoms with Gasteiger partial charge in [-0.05, 0) is 63.8 Å². The van der Waals surface area contributed by atoms with Gasteiger partial charge in [0.2, 0.25) is 15.9 Å². The summed E-state index contributed by atoms with van der Waals surface area (Å²) >= 11 is 0. The van der Waals surface area contributed by atoms with Crippen LogP contribution in [0.3, 0.4) is 0 Å². The molecule has 1 aromatic rings. The number of carbonyl (C=O) groups excluding carboxylic acids is 2. The number of piperidine rings is 1. The first kappa shape index (κ1) is 23.1. The van der Waals surface area contributed by atoms with E-state index in [1.807, 2.05) is 32.9 Å². The van der Waals surface area contributed by atoms with Crippen molar-refractivity contribution in [2.24, 2.45) is 0 Å².